The van der Waals surface area contributed by atoms with Crippen LogP contribution in [0.15, 0.2) is 18.5 Å². The zero-order valence-corrected chi connectivity index (χ0v) is 8.66. The van der Waals surface area contributed by atoms with Gasteiger partial charge in [-0.05, 0) is 24.5 Å². The Morgan fingerprint density at radius 1 is 1.36 bits per heavy atom. The minimum Gasteiger partial charge on any atom is -0.357 e. The summed E-state index contributed by atoms with van der Waals surface area (Å²) in [6.07, 6.45) is 9.87. The molecule has 1 aliphatic rings. The lowest BCUT2D eigenvalue weighted by Crippen LogP contribution is -2.26. The van der Waals surface area contributed by atoms with Gasteiger partial charge in [0.15, 0.2) is 0 Å². The first-order chi connectivity index (χ1) is 6.77. The summed E-state index contributed by atoms with van der Waals surface area (Å²) in [4.78, 5) is 0. The van der Waals surface area contributed by atoms with E-state index in [1.54, 1.807) is 0 Å². The minimum absolute atomic E-state index is 0.181. The summed E-state index contributed by atoms with van der Waals surface area (Å²) in [5.74, 6) is 0. The lowest BCUT2D eigenvalue weighted by Gasteiger charge is -2.29. The molecule has 2 rings (SSSR count). The highest BCUT2D eigenvalue weighted by Crippen LogP contribution is 2.38. The molecule has 2 heteroatoms. The summed E-state index contributed by atoms with van der Waals surface area (Å²) in [6.45, 7) is 0. The summed E-state index contributed by atoms with van der Waals surface area (Å²) in [5.41, 5.74) is 1.03. The van der Waals surface area contributed by atoms with Gasteiger partial charge in [-0.1, -0.05) is 19.3 Å². The number of aromatic nitrogens is 1. The fraction of sp³-hybridized carbons (Fsp3) is 0.583. The highest BCUT2D eigenvalue weighted by atomic mass is 14.9. The van der Waals surface area contributed by atoms with E-state index in [1.807, 2.05) is 17.8 Å². The molecule has 0 N–H and O–H groups in total. The maximum absolute atomic E-state index is 9.34. The van der Waals surface area contributed by atoms with Gasteiger partial charge in [0.25, 0.3) is 0 Å². The molecule has 0 atom stereocenters. The van der Waals surface area contributed by atoms with Crippen molar-refractivity contribution < 1.29 is 0 Å². The van der Waals surface area contributed by atoms with E-state index < -0.39 is 0 Å². The second-order valence-corrected chi connectivity index (χ2v) is 4.32. The van der Waals surface area contributed by atoms with Gasteiger partial charge in [0.2, 0.25) is 0 Å². The normalized spacial score (nSPS) is 20.3. The molecule has 0 aromatic carbocycles. The molecule has 2 nitrogen and oxygen atoms in total. The second kappa shape index (κ2) is 3.49. The van der Waals surface area contributed by atoms with Gasteiger partial charge in [0.1, 0.15) is 0 Å². The fourth-order valence-electron chi connectivity index (χ4n) is 2.41. The van der Waals surface area contributed by atoms with Gasteiger partial charge in [-0.15, -0.1) is 0 Å². The largest absolute Gasteiger partial charge is 0.357 e. The maximum atomic E-state index is 9.34. The van der Waals surface area contributed by atoms with Crippen LogP contribution in [0.2, 0.25) is 0 Å². The molecule has 74 valence electrons. The van der Waals surface area contributed by atoms with E-state index in [2.05, 4.69) is 18.3 Å². The zero-order chi connectivity index (χ0) is 10.0. The maximum Gasteiger partial charge on any atom is 0.0837 e. The Morgan fingerprint density at radius 3 is 2.57 bits per heavy atom. The Morgan fingerprint density at radius 2 is 2.07 bits per heavy atom. The smallest absolute Gasteiger partial charge is 0.0837 e. The number of rotatable bonds is 1. The summed E-state index contributed by atoms with van der Waals surface area (Å²) >= 11 is 0. The van der Waals surface area contributed by atoms with E-state index >= 15 is 0 Å². The van der Waals surface area contributed by atoms with Crippen LogP contribution in [0.4, 0.5) is 0 Å². The summed E-state index contributed by atoms with van der Waals surface area (Å²) in [5, 5.41) is 9.34. The van der Waals surface area contributed by atoms with E-state index in [9.17, 15) is 5.26 Å². The summed E-state index contributed by atoms with van der Waals surface area (Å²) < 4.78 is 2.03. The Bertz CT molecular complexity index is 351. The second-order valence-electron chi connectivity index (χ2n) is 4.32. The molecule has 1 aromatic rings. The predicted molar refractivity (Wildman–Crippen MR) is 55.8 cm³/mol. The van der Waals surface area contributed by atoms with Crippen molar-refractivity contribution in [3.05, 3.63) is 24.0 Å². The average molecular weight is 188 g/mol. The van der Waals surface area contributed by atoms with E-state index in [1.165, 1.54) is 24.8 Å². The van der Waals surface area contributed by atoms with Crippen molar-refractivity contribution in [2.45, 2.75) is 37.5 Å². The molecule has 1 saturated carbocycles. The molecule has 0 spiro atoms. The third-order valence-corrected chi connectivity index (χ3v) is 3.31. The average Bonchev–Trinajstić information content (AvgIpc) is 2.66. The number of hydrogen-bond donors (Lipinski definition) is 0. The number of aryl methyl sites for hydroxylation is 1. The monoisotopic (exact) mass is 188 g/mol. The van der Waals surface area contributed by atoms with Crippen LogP contribution in [0, 0.1) is 11.3 Å². The highest BCUT2D eigenvalue weighted by Gasteiger charge is 2.34. The first-order valence-electron chi connectivity index (χ1n) is 5.31. The fourth-order valence-corrected chi connectivity index (χ4v) is 2.41. The van der Waals surface area contributed by atoms with Gasteiger partial charge in [-0.25, -0.2) is 0 Å². The van der Waals surface area contributed by atoms with Crippen LogP contribution in [0.3, 0.4) is 0 Å². The topological polar surface area (TPSA) is 28.7 Å². The van der Waals surface area contributed by atoms with Gasteiger partial charge in [-0.2, -0.15) is 5.26 Å². The quantitative estimate of drug-likeness (QED) is 0.666. The third-order valence-electron chi connectivity index (χ3n) is 3.31. The molecular formula is C12H16N2. The van der Waals surface area contributed by atoms with E-state index in [4.69, 9.17) is 0 Å². The zero-order valence-electron chi connectivity index (χ0n) is 8.66. The molecule has 0 saturated heterocycles. The predicted octanol–water partition coefficient (Wildman–Crippen LogP) is 2.75. The number of nitrogens with zero attached hydrogens (tertiary/aromatic N) is 2. The van der Waals surface area contributed by atoms with E-state index in [-0.39, 0.29) is 5.41 Å². The van der Waals surface area contributed by atoms with Gasteiger partial charge < -0.3 is 4.57 Å². The molecule has 0 amide bonds. The molecule has 1 aliphatic carbocycles. The summed E-state index contributed by atoms with van der Waals surface area (Å²) in [7, 11) is 2.01. The molecule has 1 aromatic heterocycles. The molecule has 1 fully saturated rings. The molecule has 14 heavy (non-hydrogen) atoms. The molecular weight excluding hydrogens is 172 g/mol. The first-order valence-corrected chi connectivity index (χ1v) is 5.31. The third kappa shape index (κ3) is 1.43. The van der Waals surface area contributed by atoms with Crippen LogP contribution in [-0.4, -0.2) is 4.57 Å². The van der Waals surface area contributed by atoms with E-state index in [0.717, 1.165) is 12.8 Å². The van der Waals surface area contributed by atoms with Gasteiger partial charge in [0, 0.05) is 19.4 Å². The molecule has 0 aliphatic heterocycles. The van der Waals surface area contributed by atoms with Crippen LogP contribution in [0.1, 0.15) is 37.7 Å². The van der Waals surface area contributed by atoms with Crippen LogP contribution in [-0.2, 0) is 12.5 Å². The molecule has 0 bridgehead atoms. The van der Waals surface area contributed by atoms with Crippen LogP contribution >= 0.6 is 0 Å². The Hall–Kier alpha value is -1.23. The van der Waals surface area contributed by atoms with Crippen molar-refractivity contribution in [2.75, 3.05) is 0 Å². The Balaban J connectivity index is 2.32. The van der Waals surface area contributed by atoms with Crippen molar-refractivity contribution >= 4 is 0 Å². The number of nitriles is 1. The van der Waals surface area contributed by atoms with Crippen molar-refractivity contribution in [1.82, 2.24) is 4.57 Å². The molecule has 0 unspecified atom stereocenters. The Kier molecular flexibility index (Phi) is 2.33. The minimum atomic E-state index is -0.181. The first kappa shape index (κ1) is 9.33. The van der Waals surface area contributed by atoms with Crippen LogP contribution < -0.4 is 0 Å². The molecule has 1 heterocycles. The Labute approximate surface area is 85.2 Å². The number of hydrogen-bond acceptors (Lipinski definition) is 1. The van der Waals surface area contributed by atoms with Crippen LogP contribution in [0.25, 0.3) is 0 Å². The lowest BCUT2D eigenvalue weighted by atomic mass is 9.71. The standard InChI is InChI=1S/C12H16N2/c1-14-8-5-11(9-14)12(10-13)6-3-2-4-7-12/h5,8-9H,2-4,6-7H2,1H3. The van der Waals surface area contributed by atoms with Crippen molar-refractivity contribution in [1.29, 1.82) is 5.26 Å². The van der Waals surface area contributed by atoms with Crippen molar-refractivity contribution in [3.63, 3.8) is 0 Å². The van der Waals surface area contributed by atoms with Gasteiger partial charge in [0.05, 0.1) is 11.5 Å². The highest BCUT2D eigenvalue weighted by molar-refractivity contribution is 5.31. The van der Waals surface area contributed by atoms with Gasteiger partial charge >= 0.3 is 0 Å². The molecule has 0 radical (unpaired) electrons. The van der Waals surface area contributed by atoms with Crippen molar-refractivity contribution in [3.8, 4) is 6.07 Å². The lowest BCUT2D eigenvalue weighted by molar-refractivity contribution is 0.366. The van der Waals surface area contributed by atoms with E-state index in [0.29, 0.717) is 0 Å². The van der Waals surface area contributed by atoms with Crippen LogP contribution in [0.5, 0.6) is 0 Å². The van der Waals surface area contributed by atoms with Crippen molar-refractivity contribution in [2.24, 2.45) is 7.05 Å². The SMILES string of the molecule is Cn1ccc(C2(C#N)CCCCC2)c1. The van der Waals surface area contributed by atoms with Gasteiger partial charge in [-0.3, -0.25) is 0 Å². The summed E-state index contributed by atoms with van der Waals surface area (Å²) in [6, 6.07) is 4.63.